The molecular weight excluding hydrogens is 356 g/mol. The number of nitrogens with zero attached hydrogens (tertiary/aromatic N) is 1. The number of carbonyl (C=O) groups is 3. The third-order valence-electron chi connectivity index (χ3n) is 4.25. The summed E-state index contributed by atoms with van der Waals surface area (Å²) in [7, 11) is 0. The van der Waals surface area contributed by atoms with Crippen LogP contribution < -0.4 is 5.32 Å². The van der Waals surface area contributed by atoms with Gasteiger partial charge in [0.1, 0.15) is 0 Å². The summed E-state index contributed by atoms with van der Waals surface area (Å²) < 4.78 is 5.24. The number of carbonyl (C=O) groups excluding carboxylic acids is 3. The van der Waals surface area contributed by atoms with Crippen molar-refractivity contribution in [2.24, 2.45) is 0 Å². The first-order valence-corrected chi connectivity index (χ1v) is 8.56. The van der Waals surface area contributed by atoms with Gasteiger partial charge in [0.25, 0.3) is 11.8 Å². The molecule has 0 saturated carbocycles. The Bertz CT molecular complexity index is 862. The van der Waals surface area contributed by atoms with Crippen LogP contribution in [0.4, 0.5) is 10.5 Å². The lowest BCUT2D eigenvalue weighted by molar-refractivity contribution is 0.0143. The highest BCUT2D eigenvalue weighted by molar-refractivity contribution is 6.21. The van der Waals surface area contributed by atoms with E-state index >= 15 is 0 Å². The summed E-state index contributed by atoms with van der Waals surface area (Å²) in [6, 6.07) is 11.9. The van der Waals surface area contributed by atoms with Crippen LogP contribution in [0.15, 0.2) is 42.5 Å². The molecule has 1 aliphatic rings. The summed E-state index contributed by atoms with van der Waals surface area (Å²) in [6.07, 6.45) is -1.82. The van der Waals surface area contributed by atoms with E-state index in [9.17, 15) is 14.4 Å². The van der Waals surface area contributed by atoms with Gasteiger partial charge in [0, 0.05) is 11.6 Å². The first-order chi connectivity index (χ1) is 12.4. The Morgan fingerprint density at radius 3 is 2.31 bits per heavy atom. The Morgan fingerprint density at radius 1 is 1.12 bits per heavy atom. The van der Waals surface area contributed by atoms with Gasteiger partial charge in [-0.1, -0.05) is 24.3 Å². The highest BCUT2D eigenvalue weighted by Crippen LogP contribution is 2.25. The molecule has 0 fully saturated rings. The highest BCUT2D eigenvalue weighted by Gasteiger charge is 2.39. The minimum Gasteiger partial charge on any atom is -0.425 e. The van der Waals surface area contributed by atoms with Crippen LogP contribution in [0, 0.1) is 6.92 Å². The Hall–Kier alpha value is -2.86. The molecule has 0 saturated heterocycles. The van der Waals surface area contributed by atoms with Crippen LogP contribution in [0.3, 0.4) is 0 Å². The van der Waals surface area contributed by atoms with Crippen molar-refractivity contribution in [3.63, 3.8) is 0 Å². The fraction of sp³-hybridized carbons (Fsp3) is 0.211. The van der Waals surface area contributed by atoms with Crippen LogP contribution >= 0.6 is 11.6 Å². The van der Waals surface area contributed by atoms with Gasteiger partial charge in [0.2, 0.25) is 0 Å². The second-order valence-electron chi connectivity index (χ2n) is 5.89. The third kappa shape index (κ3) is 3.15. The maximum absolute atomic E-state index is 12.4. The van der Waals surface area contributed by atoms with E-state index in [1.54, 1.807) is 36.4 Å². The van der Waals surface area contributed by atoms with Crippen molar-refractivity contribution >= 4 is 35.2 Å². The SMILES string of the molecule is Cc1cccc(NC(=O)OC(C)N2C(=O)c3ccccc3C2=O)c1CCl. The summed E-state index contributed by atoms with van der Waals surface area (Å²) in [4.78, 5) is 38.0. The Morgan fingerprint density at radius 2 is 1.73 bits per heavy atom. The third-order valence-corrected chi connectivity index (χ3v) is 4.51. The predicted octanol–water partition coefficient (Wildman–Crippen LogP) is 3.92. The van der Waals surface area contributed by atoms with Gasteiger partial charge in [-0.15, -0.1) is 11.6 Å². The monoisotopic (exact) mass is 372 g/mol. The molecule has 3 amide bonds. The van der Waals surface area contributed by atoms with Crippen molar-refractivity contribution in [1.82, 2.24) is 4.90 Å². The maximum atomic E-state index is 12.4. The number of hydrogen-bond donors (Lipinski definition) is 1. The first-order valence-electron chi connectivity index (χ1n) is 8.03. The van der Waals surface area contributed by atoms with Gasteiger partial charge >= 0.3 is 6.09 Å². The van der Waals surface area contributed by atoms with Gasteiger partial charge in [-0.05, 0) is 43.2 Å². The number of ether oxygens (including phenoxy) is 1. The summed E-state index contributed by atoms with van der Waals surface area (Å²) in [5, 5.41) is 2.61. The van der Waals surface area contributed by atoms with Crippen LogP contribution in [0.1, 0.15) is 38.8 Å². The largest absolute Gasteiger partial charge is 0.425 e. The van der Waals surface area contributed by atoms with Crippen LogP contribution in [-0.2, 0) is 10.6 Å². The zero-order valence-electron chi connectivity index (χ0n) is 14.3. The van der Waals surface area contributed by atoms with Gasteiger partial charge < -0.3 is 4.74 Å². The summed E-state index contributed by atoms with van der Waals surface area (Å²) in [5.41, 5.74) is 2.85. The number of nitrogens with one attached hydrogen (secondary N) is 1. The van der Waals surface area contributed by atoms with E-state index in [0.29, 0.717) is 16.8 Å². The van der Waals surface area contributed by atoms with Crippen LogP contribution in [-0.4, -0.2) is 29.0 Å². The standard InChI is InChI=1S/C19H17ClN2O4/c1-11-6-5-9-16(15(11)10-20)21-19(25)26-12(2)22-17(23)13-7-3-4-8-14(13)18(22)24/h3-9,12H,10H2,1-2H3,(H,21,25). The average Bonchev–Trinajstić information content (AvgIpc) is 2.86. The number of aryl methyl sites for hydroxylation is 1. The number of rotatable bonds is 4. The van der Waals surface area contributed by atoms with Crippen molar-refractivity contribution in [2.45, 2.75) is 26.0 Å². The zero-order valence-corrected chi connectivity index (χ0v) is 15.0. The number of anilines is 1. The molecule has 0 aliphatic carbocycles. The molecule has 2 aromatic rings. The second kappa shape index (κ2) is 7.17. The van der Waals surface area contributed by atoms with E-state index in [4.69, 9.17) is 16.3 Å². The number of imide groups is 1. The molecule has 1 aliphatic heterocycles. The molecule has 3 rings (SSSR count). The number of benzene rings is 2. The number of amides is 3. The van der Waals surface area contributed by atoms with Gasteiger partial charge in [-0.2, -0.15) is 0 Å². The fourth-order valence-corrected chi connectivity index (χ4v) is 3.24. The predicted molar refractivity (Wildman–Crippen MR) is 97.2 cm³/mol. The van der Waals surface area contributed by atoms with Crippen LogP contribution in [0.25, 0.3) is 0 Å². The molecule has 26 heavy (non-hydrogen) atoms. The number of fused-ring (bicyclic) bond motifs is 1. The Balaban J connectivity index is 1.72. The lowest BCUT2D eigenvalue weighted by Gasteiger charge is -2.22. The molecule has 0 bridgehead atoms. The molecule has 1 unspecified atom stereocenters. The fourth-order valence-electron chi connectivity index (χ4n) is 2.88. The topological polar surface area (TPSA) is 75.7 Å². The lowest BCUT2D eigenvalue weighted by Crippen LogP contribution is -2.41. The van der Waals surface area contributed by atoms with Gasteiger partial charge in [-0.3, -0.25) is 14.9 Å². The van der Waals surface area contributed by atoms with Gasteiger partial charge in [0.15, 0.2) is 6.23 Å². The molecule has 1 heterocycles. The maximum Gasteiger partial charge on any atom is 0.413 e. The smallest absolute Gasteiger partial charge is 0.413 e. The molecule has 134 valence electrons. The van der Waals surface area contributed by atoms with E-state index < -0.39 is 24.1 Å². The van der Waals surface area contributed by atoms with E-state index in [2.05, 4.69) is 5.32 Å². The van der Waals surface area contributed by atoms with Crippen LogP contribution in [0.2, 0.25) is 0 Å². The molecular formula is C19H17ClN2O4. The molecule has 1 atom stereocenters. The molecule has 0 aromatic heterocycles. The molecule has 0 spiro atoms. The first kappa shape index (κ1) is 17.9. The Labute approximate surface area is 155 Å². The number of alkyl halides is 1. The van der Waals surface area contributed by atoms with Crippen molar-refractivity contribution in [3.05, 3.63) is 64.7 Å². The van der Waals surface area contributed by atoms with Crippen molar-refractivity contribution in [2.75, 3.05) is 5.32 Å². The lowest BCUT2D eigenvalue weighted by atomic mass is 10.1. The van der Waals surface area contributed by atoms with E-state index in [1.165, 1.54) is 6.92 Å². The summed E-state index contributed by atoms with van der Waals surface area (Å²) in [5.74, 6) is -0.734. The molecule has 2 aromatic carbocycles. The van der Waals surface area contributed by atoms with E-state index in [0.717, 1.165) is 16.0 Å². The van der Waals surface area contributed by atoms with Crippen molar-refractivity contribution in [1.29, 1.82) is 0 Å². The van der Waals surface area contributed by atoms with Crippen LogP contribution in [0.5, 0.6) is 0 Å². The zero-order chi connectivity index (χ0) is 18.8. The quantitative estimate of drug-likeness (QED) is 0.651. The van der Waals surface area contributed by atoms with Gasteiger partial charge in [0.05, 0.1) is 11.1 Å². The van der Waals surface area contributed by atoms with Crippen molar-refractivity contribution in [3.8, 4) is 0 Å². The van der Waals surface area contributed by atoms with E-state index in [1.807, 2.05) is 13.0 Å². The molecule has 1 N–H and O–H groups in total. The molecule has 7 heteroatoms. The second-order valence-corrected chi connectivity index (χ2v) is 6.16. The minimum atomic E-state index is -1.05. The minimum absolute atomic E-state index is 0.232. The number of halogens is 1. The van der Waals surface area contributed by atoms with E-state index in [-0.39, 0.29) is 5.88 Å². The highest BCUT2D eigenvalue weighted by atomic mass is 35.5. The molecule has 6 nitrogen and oxygen atoms in total. The van der Waals surface area contributed by atoms with Gasteiger partial charge in [-0.25, -0.2) is 9.69 Å². The normalized spacial score (nSPS) is 14.2. The number of hydrogen-bond acceptors (Lipinski definition) is 4. The molecule has 0 radical (unpaired) electrons. The van der Waals surface area contributed by atoms with Crippen molar-refractivity contribution < 1.29 is 19.1 Å². The summed E-state index contributed by atoms with van der Waals surface area (Å²) >= 11 is 5.93. The average molecular weight is 373 g/mol. The Kier molecular flexibility index (Phi) is 4.95. The summed E-state index contributed by atoms with van der Waals surface area (Å²) in [6.45, 7) is 3.36.